The molecule has 1 aromatic rings. The van der Waals surface area contributed by atoms with Gasteiger partial charge in [-0.3, -0.25) is 0 Å². The summed E-state index contributed by atoms with van der Waals surface area (Å²) in [5.74, 6) is 1.05. The lowest BCUT2D eigenvalue weighted by molar-refractivity contribution is 1.16. The Morgan fingerprint density at radius 2 is 2.15 bits per heavy atom. The van der Waals surface area contributed by atoms with E-state index in [4.69, 9.17) is 0 Å². The smallest absolute Gasteiger partial charge is 0.0729 e. The van der Waals surface area contributed by atoms with Crippen LogP contribution in [-0.2, 0) is 0 Å². The number of allylic oxidation sites excluding steroid dienone is 1. The van der Waals surface area contributed by atoms with E-state index in [1.54, 1.807) is 0 Å². The maximum atomic E-state index is 2.26. The summed E-state index contributed by atoms with van der Waals surface area (Å²) < 4.78 is 0. The molecule has 1 aliphatic rings. The highest BCUT2D eigenvalue weighted by Crippen LogP contribution is 2.37. The monoisotopic (exact) mass is 257 g/mol. The molecule has 70 valence electrons. The maximum absolute atomic E-state index is 2.26. The van der Waals surface area contributed by atoms with Crippen molar-refractivity contribution >= 4 is 34.4 Å². The van der Waals surface area contributed by atoms with E-state index in [9.17, 15) is 0 Å². The van der Waals surface area contributed by atoms with Gasteiger partial charge in [-0.2, -0.15) is 0 Å². The first kappa shape index (κ1) is 10.7. The van der Waals surface area contributed by atoms with Crippen LogP contribution in [0.2, 0.25) is 0 Å². The van der Waals surface area contributed by atoms with Gasteiger partial charge >= 0.3 is 0 Å². The van der Waals surface area contributed by atoms with Gasteiger partial charge in [0.15, 0.2) is 0 Å². The van der Waals surface area contributed by atoms with Crippen LogP contribution in [0.25, 0.3) is 0 Å². The van der Waals surface area contributed by atoms with Crippen LogP contribution in [-0.4, -0.2) is 5.88 Å². The van der Waals surface area contributed by atoms with Gasteiger partial charge in [-0.1, -0.05) is 18.2 Å². The first-order valence-corrected chi connectivity index (χ1v) is 5.01. The van der Waals surface area contributed by atoms with Gasteiger partial charge in [0.05, 0.1) is 11.6 Å². The Hall–Kier alpha value is -0.410. The predicted molar refractivity (Wildman–Crippen MR) is 64.8 cm³/mol. The van der Waals surface area contributed by atoms with Gasteiger partial charge in [-0.15, -0.1) is 28.7 Å². The van der Waals surface area contributed by atoms with E-state index in [1.165, 1.54) is 10.6 Å². The molecule has 0 radical (unpaired) electrons. The maximum Gasteiger partial charge on any atom is 0.0729 e. The second-order valence-corrected chi connectivity index (χ2v) is 3.68. The van der Waals surface area contributed by atoms with Gasteiger partial charge in [0.25, 0.3) is 0 Å². The summed E-state index contributed by atoms with van der Waals surface area (Å²) in [7, 11) is 0. The molecule has 0 saturated carbocycles. The van der Waals surface area contributed by atoms with Crippen molar-refractivity contribution in [2.45, 2.75) is 11.8 Å². The summed E-state index contributed by atoms with van der Waals surface area (Å²) in [4.78, 5) is 3.65. The quantitative estimate of drug-likeness (QED) is 0.756. The van der Waals surface area contributed by atoms with Crippen molar-refractivity contribution in [3.8, 4) is 0 Å². The molecule has 0 aliphatic carbocycles. The zero-order chi connectivity index (χ0) is 8.39. The molecule has 1 nitrogen and oxygen atoms in total. The second kappa shape index (κ2) is 4.72. The Morgan fingerprint density at radius 3 is 2.92 bits per heavy atom. The highest BCUT2D eigenvalue weighted by atomic mass is 79.9. The van der Waals surface area contributed by atoms with Crippen molar-refractivity contribution in [3.63, 3.8) is 0 Å². The van der Waals surface area contributed by atoms with Gasteiger partial charge in [0.1, 0.15) is 0 Å². The fourth-order valence-corrected chi connectivity index (χ4v) is 2.34. The minimum Gasteiger partial charge on any atom is -0.337 e. The molecule has 13 heavy (non-hydrogen) atoms. The topological polar surface area (TPSA) is 3.24 Å². The van der Waals surface area contributed by atoms with Crippen LogP contribution in [0.1, 0.15) is 6.92 Å². The van der Waals surface area contributed by atoms with E-state index in [2.05, 4.69) is 41.4 Å². The van der Waals surface area contributed by atoms with E-state index in [1.807, 2.05) is 18.7 Å². The number of nitrogens with zero attached hydrogens (tertiary/aromatic N) is 1. The molecule has 0 spiro atoms. The first-order valence-electron chi connectivity index (χ1n) is 4.03. The van der Waals surface area contributed by atoms with Crippen molar-refractivity contribution < 1.29 is 0 Å². The predicted octanol–water partition coefficient (Wildman–Crippen LogP) is 3.67. The molecule has 3 heteroatoms. The molecular weight excluding hydrogens is 246 g/mol. The van der Waals surface area contributed by atoms with Crippen LogP contribution in [0, 0.1) is 0 Å². The van der Waals surface area contributed by atoms with Crippen LogP contribution in [0.4, 0.5) is 5.69 Å². The summed E-state index contributed by atoms with van der Waals surface area (Å²) in [5.41, 5.74) is 1.33. The average Bonchev–Trinajstić information content (AvgIpc) is 2.50. The van der Waals surface area contributed by atoms with Crippen molar-refractivity contribution in [3.05, 3.63) is 36.5 Å². The minimum absolute atomic E-state index is 0. The minimum atomic E-state index is 0. The van der Waals surface area contributed by atoms with Crippen LogP contribution in [0.3, 0.4) is 0 Å². The molecule has 1 aromatic carbocycles. The van der Waals surface area contributed by atoms with Gasteiger partial charge in [0.2, 0.25) is 0 Å². The Balaban J connectivity index is 0.000000845. The lowest BCUT2D eigenvalue weighted by Gasteiger charge is -2.11. The van der Waals surface area contributed by atoms with Crippen LogP contribution in [0.15, 0.2) is 41.4 Å². The molecule has 1 heterocycles. The number of hydrogen-bond acceptors (Lipinski definition) is 2. The number of rotatable bonds is 1. The SMILES string of the molecule is Br.CC=CN1CSc2ccccc21. The molecular formula is C10H12BrNS. The van der Waals surface area contributed by atoms with Crippen LogP contribution < -0.4 is 4.90 Å². The van der Waals surface area contributed by atoms with Crippen molar-refractivity contribution in [2.75, 3.05) is 10.8 Å². The third-order valence-corrected chi connectivity index (χ3v) is 2.93. The Bertz CT molecular complexity index is 312. The molecule has 0 N–H and O–H groups in total. The summed E-state index contributed by atoms with van der Waals surface area (Å²) >= 11 is 1.89. The Labute approximate surface area is 93.6 Å². The van der Waals surface area contributed by atoms with Crippen molar-refractivity contribution in [1.82, 2.24) is 0 Å². The van der Waals surface area contributed by atoms with E-state index in [0.29, 0.717) is 0 Å². The van der Waals surface area contributed by atoms with Crippen molar-refractivity contribution in [2.24, 2.45) is 0 Å². The zero-order valence-electron chi connectivity index (χ0n) is 7.43. The van der Waals surface area contributed by atoms with E-state index in [0.717, 1.165) is 5.88 Å². The molecule has 0 fully saturated rings. The highest BCUT2D eigenvalue weighted by Gasteiger charge is 2.15. The van der Waals surface area contributed by atoms with Crippen LogP contribution in [0.5, 0.6) is 0 Å². The molecule has 0 aromatic heterocycles. The van der Waals surface area contributed by atoms with Gasteiger partial charge in [-0.05, 0) is 19.1 Å². The number of hydrogen-bond donors (Lipinski definition) is 0. The largest absolute Gasteiger partial charge is 0.337 e. The lowest BCUT2D eigenvalue weighted by Crippen LogP contribution is -2.09. The number of halogens is 1. The average molecular weight is 258 g/mol. The summed E-state index contributed by atoms with van der Waals surface area (Å²) in [6, 6.07) is 8.50. The summed E-state index contributed by atoms with van der Waals surface area (Å²) in [6.45, 7) is 2.05. The number of thioether (sulfide) groups is 1. The fraction of sp³-hybridized carbons (Fsp3) is 0.200. The Kier molecular flexibility index (Phi) is 3.88. The third kappa shape index (κ3) is 2.09. The zero-order valence-corrected chi connectivity index (χ0v) is 9.96. The number of benzene rings is 1. The molecule has 1 aliphatic heterocycles. The van der Waals surface area contributed by atoms with Crippen molar-refractivity contribution in [1.29, 1.82) is 0 Å². The third-order valence-electron chi connectivity index (χ3n) is 1.86. The van der Waals surface area contributed by atoms with Crippen LogP contribution >= 0.6 is 28.7 Å². The standard InChI is InChI=1S/C10H11NS.BrH/c1-2-7-11-8-12-10-6-4-3-5-9(10)11;/h2-7H,8H2,1H3;1H. The number of para-hydroxylation sites is 1. The lowest BCUT2D eigenvalue weighted by atomic mass is 10.3. The fourth-order valence-electron chi connectivity index (χ4n) is 1.33. The molecule has 0 atom stereocenters. The molecule has 0 unspecified atom stereocenters. The second-order valence-electron chi connectivity index (χ2n) is 2.69. The van der Waals surface area contributed by atoms with Gasteiger partial charge < -0.3 is 4.90 Å². The number of fused-ring (bicyclic) bond motifs is 1. The highest BCUT2D eigenvalue weighted by molar-refractivity contribution is 8.93. The normalized spacial score (nSPS) is 14.4. The summed E-state index contributed by atoms with van der Waals surface area (Å²) in [6.07, 6.45) is 4.20. The van der Waals surface area contributed by atoms with E-state index >= 15 is 0 Å². The van der Waals surface area contributed by atoms with E-state index < -0.39 is 0 Å². The molecule has 2 rings (SSSR count). The summed E-state index contributed by atoms with van der Waals surface area (Å²) in [5, 5.41) is 0. The van der Waals surface area contributed by atoms with Gasteiger partial charge in [0, 0.05) is 11.1 Å². The van der Waals surface area contributed by atoms with Gasteiger partial charge in [-0.25, -0.2) is 0 Å². The number of anilines is 1. The first-order chi connectivity index (χ1) is 5.92. The molecule has 0 bridgehead atoms. The Morgan fingerprint density at radius 1 is 1.38 bits per heavy atom. The van der Waals surface area contributed by atoms with E-state index in [-0.39, 0.29) is 17.0 Å². The molecule has 0 amide bonds. The molecule has 0 saturated heterocycles.